The van der Waals surface area contributed by atoms with Gasteiger partial charge in [-0.05, 0) is 41.0 Å². The van der Waals surface area contributed by atoms with Gasteiger partial charge in [-0.25, -0.2) is 4.39 Å². The molecule has 1 saturated heterocycles. The van der Waals surface area contributed by atoms with E-state index in [2.05, 4.69) is 41.3 Å². The molecule has 1 aliphatic heterocycles. The standard InChI is InChI=1S/C26H29FN2O2/c1-28(2)26(30)23-13-20(18-31-25-9-5-8-24(27)14-25)16-29(17-23)15-19-10-11-21-6-3-4-7-22(21)12-19/h3-12,14,20,23H,13,15-18H2,1-2H3/t20-,23+/m0/s1. The second kappa shape index (κ2) is 9.48. The predicted octanol–water partition coefficient (Wildman–Crippen LogP) is 4.58. The number of nitrogens with zero attached hydrogens (tertiary/aromatic N) is 2. The van der Waals surface area contributed by atoms with Crippen LogP contribution < -0.4 is 4.74 Å². The highest BCUT2D eigenvalue weighted by molar-refractivity contribution is 5.83. The maximum Gasteiger partial charge on any atom is 0.226 e. The number of hydrogen-bond donors (Lipinski definition) is 0. The van der Waals surface area contributed by atoms with Crippen LogP contribution in [-0.4, -0.2) is 49.5 Å². The van der Waals surface area contributed by atoms with Crippen molar-refractivity contribution in [3.8, 4) is 5.75 Å². The fraction of sp³-hybridized carbons (Fsp3) is 0.346. The number of hydrogen-bond acceptors (Lipinski definition) is 3. The van der Waals surface area contributed by atoms with Crippen LogP contribution in [0.4, 0.5) is 4.39 Å². The van der Waals surface area contributed by atoms with E-state index >= 15 is 0 Å². The van der Waals surface area contributed by atoms with Gasteiger partial charge in [-0.3, -0.25) is 9.69 Å². The van der Waals surface area contributed by atoms with Crippen molar-refractivity contribution >= 4 is 16.7 Å². The molecule has 0 spiro atoms. The zero-order valence-corrected chi connectivity index (χ0v) is 18.1. The first-order chi connectivity index (χ1) is 15.0. The predicted molar refractivity (Wildman–Crippen MR) is 121 cm³/mol. The molecule has 31 heavy (non-hydrogen) atoms. The number of piperidine rings is 1. The number of rotatable bonds is 6. The number of amides is 1. The zero-order chi connectivity index (χ0) is 21.8. The summed E-state index contributed by atoms with van der Waals surface area (Å²) in [6.07, 6.45) is 0.778. The molecule has 3 aromatic carbocycles. The van der Waals surface area contributed by atoms with Crippen molar-refractivity contribution in [2.75, 3.05) is 33.8 Å². The largest absolute Gasteiger partial charge is 0.493 e. The minimum Gasteiger partial charge on any atom is -0.493 e. The molecule has 0 aliphatic carbocycles. The van der Waals surface area contributed by atoms with Crippen molar-refractivity contribution in [3.63, 3.8) is 0 Å². The van der Waals surface area contributed by atoms with Crippen LogP contribution >= 0.6 is 0 Å². The van der Waals surface area contributed by atoms with Gasteiger partial charge in [-0.1, -0.05) is 42.5 Å². The van der Waals surface area contributed by atoms with Crippen molar-refractivity contribution in [3.05, 3.63) is 78.1 Å². The van der Waals surface area contributed by atoms with E-state index in [4.69, 9.17) is 4.74 Å². The van der Waals surface area contributed by atoms with Crippen molar-refractivity contribution in [1.82, 2.24) is 9.80 Å². The number of halogens is 1. The van der Waals surface area contributed by atoms with Crippen molar-refractivity contribution < 1.29 is 13.9 Å². The molecule has 0 bridgehead atoms. The first-order valence-corrected chi connectivity index (χ1v) is 10.8. The Labute approximate surface area is 183 Å². The molecular formula is C26H29FN2O2. The van der Waals surface area contributed by atoms with E-state index in [0.29, 0.717) is 12.4 Å². The van der Waals surface area contributed by atoms with E-state index in [-0.39, 0.29) is 23.6 Å². The van der Waals surface area contributed by atoms with E-state index in [9.17, 15) is 9.18 Å². The molecule has 0 N–H and O–H groups in total. The second-order valence-electron chi connectivity index (χ2n) is 8.68. The fourth-order valence-electron chi connectivity index (χ4n) is 4.46. The van der Waals surface area contributed by atoms with Gasteiger partial charge in [0.25, 0.3) is 0 Å². The maximum absolute atomic E-state index is 13.5. The number of benzene rings is 3. The van der Waals surface area contributed by atoms with Gasteiger partial charge in [-0.2, -0.15) is 0 Å². The Bertz CT molecular complexity index is 1050. The molecule has 4 rings (SSSR count). The molecular weight excluding hydrogens is 391 g/mol. The van der Waals surface area contributed by atoms with Crippen molar-refractivity contribution in [1.29, 1.82) is 0 Å². The molecule has 162 valence electrons. The maximum atomic E-state index is 13.5. The lowest BCUT2D eigenvalue weighted by Crippen LogP contribution is -2.47. The third kappa shape index (κ3) is 5.42. The fourth-order valence-corrected chi connectivity index (χ4v) is 4.46. The Kier molecular flexibility index (Phi) is 6.52. The van der Waals surface area contributed by atoms with E-state index in [1.54, 1.807) is 17.0 Å². The topological polar surface area (TPSA) is 32.8 Å². The normalized spacial score (nSPS) is 19.3. The average Bonchev–Trinajstić information content (AvgIpc) is 2.77. The van der Waals surface area contributed by atoms with Crippen LogP contribution in [0.25, 0.3) is 10.8 Å². The molecule has 1 fully saturated rings. The molecule has 1 aliphatic rings. The van der Waals surface area contributed by atoms with Gasteiger partial charge in [0.15, 0.2) is 0 Å². The third-order valence-corrected chi connectivity index (χ3v) is 5.90. The smallest absolute Gasteiger partial charge is 0.226 e. The van der Waals surface area contributed by atoms with Crippen LogP contribution in [0.1, 0.15) is 12.0 Å². The lowest BCUT2D eigenvalue weighted by atomic mass is 9.88. The summed E-state index contributed by atoms with van der Waals surface area (Å²) in [7, 11) is 3.62. The lowest BCUT2D eigenvalue weighted by molar-refractivity contribution is -0.135. The summed E-state index contributed by atoms with van der Waals surface area (Å²) in [5.41, 5.74) is 1.24. The highest BCUT2D eigenvalue weighted by atomic mass is 19.1. The van der Waals surface area contributed by atoms with E-state index in [1.165, 1.54) is 28.5 Å². The summed E-state index contributed by atoms with van der Waals surface area (Å²) >= 11 is 0. The Morgan fingerprint density at radius 3 is 2.61 bits per heavy atom. The molecule has 1 amide bonds. The third-order valence-electron chi connectivity index (χ3n) is 5.90. The van der Waals surface area contributed by atoms with Gasteiger partial charge in [0.1, 0.15) is 11.6 Å². The van der Waals surface area contributed by atoms with Gasteiger partial charge in [0.05, 0.1) is 12.5 Å². The molecule has 1 heterocycles. The first-order valence-electron chi connectivity index (χ1n) is 10.8. The van der Waals surface area contributed by atoms with Crippen LogP contribution in [0.3, 0.4) is 0 Å². The molecule has 4 nitrogen and oxygen atoms in total. The van der Waals surface area contributed by atoms with Crippen LogP contribution in [0.2, 0.25) is 0 Å². The van der Waals surface area contributed by atoms with Crippen molar-refractivity contribution in [2.45, 2.75) is 13.0 Å². The minimum atomic E-state index is -0.306. The molecule has 3 aromatic rings. The Morgan fingerprint density at radius 2 is 1.84 bits per heavy atom. The van der Waals surface area contributed by atoms with E-state index in [1.807, 2.05) is 20.2 Å². The quantitative estimate of drug-likeness (QED) is 0.585. The highest BCUT2D eigenvalue weighted by Crippen LogP contribution is 2.27. The van der Waals surface area contributed by atoms with Gasteiger partial charge in [0, 0.05) is 45.7 Å². The summed E-state index contributed by atoms with van der Waals surface area (Å²) in [5, 5.41) is 2.45. The summed E-state index contributed by atoms with van der Waals surface area (Å²) in [6.45, 7) is 2.84. The van der Waals surface area contributed by atoms with Gasteiger partial charge >= 0.3 is 0 Å². The number of carbonyl (C=O) groups is 1. The van der Waals surface area contributed by atoms with Gasteiger partial charge < -0.3 is 9.64 Å². The highest BCUT2D eigenvalue weighted by Gasteiger charge is 2.32. The Hall–Kier alpha value is -2.92. The summed E-state index contributed by atoms with van der Waals surface area (Å²) in [5.74, 6) is 0.512. The summed E-state index contributed by atoms with van der Waals surface area (Å²) in [4.78, 5) is 16.8. The average molecular weight is 421 g/mol. The SMILES string of the molecule is CN(C)C(=O)[C@@H]1C[C@H](COc2cccc(F)c2)CN(Cc2ccc3ccccc3c2)C1. The summed E-state index contributed by atoms with van der Waals surface area (Å²) < 4.78 is 19.3. The van der Waals surface area contributed by atoms with Crippen molar-refractivity contribution in [2.24, 2.45) is 11.8 Å². The molecule has 0 unspecified atom stereocenters. The monoisotopic (exact) mass is 420 g/mol. The van der Waals surface area contributed by atoms with E-state index in [0.717, 1.165) is 26.1 Å². The van der Waals surface area contributed by atoms with Crippen LogP contribution in [0, 0.1) is 17.7 Å². The molecule has 2 atom stereocenters. The van der Waals surface area contributed by atoms with Crippen LogP contribution in [-0.2, 0) is 11.3 Å². The van der Waals surface area contributed by atoms with Gasteiger partial charge in [-0.15, -0.1) is 0 Å². The van der Waals surface area contributed by atoms with Crippen LogP contribution in [0.15, 0.2) is 66.7 Å². The van der Waals surface area contributed by atoms with Crippen LogP contribution in [0.5, 0.6) is 5.75 Å². The first kappa shape index (κ1) is 21.3. The molecule has 0 saturated carbocycles. The minimum absolute atomic E-state index is 0.0645. The summed E-state index contributed by atoms with van der Waals surface area (Å²) in [6, 6.07) is 21.1. The second-order valence-corrected chi connectivity index (χ2v) is 8.68. The Morgan fingerprint density at radius 1 is 1.03 bits per heavy atom. The number of ether oxygens (including phenoxy) is 1. The number of carbonyl (C=O) groups excluding carboxylic acids is 1. The number of likely N-dealkylation sites (tertiary alicyclic amines) is 1. The number of fused-ring (bicyclic) bond motifs is 1. The zero-order valence-electron chi connectivity index (χ0n) is 18.1. The van der Waals surface area contributed by atoms with Gasteiger partial charge in [0.2, 0.25) is 5.91 Å². The Balaban J connectivity index is 1.47. The molecule has 0 radical (unpaired) electrons. The molecule has 0 aromatic heterocycles. The lowest BCUT2D eigenvalue weighted by Gasteiger charge is -2.38. The molecule has 5 heteroatoms. The van der Waals surface area contributed by atoms with E-state index < -0.39 is 0 Å².